The number of aliphatic hydroxyl groups excluding tert-OH is 3. The van der Waals surface area contributed by atoms with Gasteiger partial charge in [-0.25, -0.2) is 0 Å². The summed E-state index contributed by atoms with van der Waals surface area (Å²) < 4.78 is 0.646. The van der Waals surface area contributed by atoms with Crippen molar-refractivity contribution in [2.45, 2.75) is 104 Å². The lowest BCUT2D eigenvalue weighted by atomic mass is 10.1. The predicted octanol–water partition coefficient (Wildman–Crippen LogP) is 3.57. The summed E-state index contributed by atoms with van der Waals surface area (Å²) in [6.07, 6.45) is 23.0. The Morgan fingerprint density at radius 1 is 0.656 bits per heavy atom. The SMILES string of the molecule is CC(=O)[O-].CCCCCCCC/C=C\CCCCCCCC[N+](CCO)(CCO)CCO. The highest BCUT2D eigenvalue weighted by Gasteiger charge is 2.25. The number of carboxylic acid groups (broad SMARTS) is 1. The van der Waals surface area contributed by atoms with Gasteiger partial charge in [-0.05, 0) is 45.4 Å². The van der Waals surface area contributed by atoms with E-state index in [2.05, 4.69) is 19.1 Å². The molecule has 32 heavy (non-hydrogen) atoms. The second kappa shape index (κ2) is 26.3. The van der Waals surface area contributed by atoms with Crippen LogP contribution in [0.2, 0.25) is 0 Å². The molecule has 0 heterocycles. The lowest BCUT2D eigenvalue weighted by Gasteiger charge is -2.37. The van der Waals surface area contributed by atoms with Crippen LogP contribution in [0.3, 0.4) is 0 Å². The lowest BCUT2D eigenvalue weighted by molar-refractivity contribution is -0.929. The first kappa shape index (κ1) is 33.2. The number of hydrogen-bond acceptors (Lipinski definition) is 5. The van der Waals surface area contributed by atoms with Crippen molar-refractivity contribution >= 4 is 5.97 Å². The van der Waals surface area contributed by atoms with Gasteiger partial charge in [-0.2, -0.15) is 0 Å². The second-order valence-corrected chi connectivity index (χ2v) is 8.84. The number of aliphatic hydroxyl groups is 3. The fourth-order valence-corrected chi connectivity index (χ4v) is 4.00. The first-order chi connectivity index (χ1) is 15.5. The third kappa shape index (κ3) is 25.3. The van der Waals surface area contributed by atoms with Gasteiger partial charge in [0.05, 0.1) is 26.4 Å². The Bertz CT molecular complexity index is 394. The molecule has 0 radical (unpaired) electrons. The molecule has 0 aliphatic carbocycles. The summed E-state index contributed by atoms with van der Waals surface area (Å²) >= 11 is 0. The summed E-state index contributed by atoms with van der Waals surface area (Å²) in [6, 6.07) is 0. The Morgan fingerprint density at radius 3 is 1.38 bits per heavy atom. The number of carbonyl (C=O) groups is 1. The molecule has 0 bridgehead atoms. The van der Waals surface area contributed by atoms with Crippen LogP contribution in [0.15, 0.2) is 12.2 Å². The first-order valence-corrected chi connectivity index (χ1v) is 13.0. The van der Waals surface area contributed by atoms with Gasteiger partial charge in [0.1, 0.15) is 19.6 Å². The largest absolute Gasteiger partial charge is 0.550 e. The molecule has 0 aliphatic rings. The van der Waals surface area contributed by atoms with Crippen molar-refractivity contribution in [3.05, 3.63) is 12.2 Å². The predicted molar refractivity (Wildman–Crippen MR) is 131 cm³/mol. The number of allylic oxidation sites excluding steroid dienone is 2. The maximum atomic E-state index is 9.31. The molecular weight excluding hydrogens is 406 g/mol. The molecule has 0 spiro atoms. The number of hydrogen-bond donors (Lipinski definition) is 3. The van der Waals surface area contributed by atoms with E-state index in [4.69, 9.17) is 9.90 Å². The van der Waals surface area contributed by atoms with Crippen molar-refractivity contribution in [1.82, 2.24) is 0 Å². The average molecular weight is 460 g/mol. The Morgan fingerprint density at radius 2 is 1.00 bits per heavy atom. The Balaban J connectivity index is 0. The molecule has 0 fully saturated rings. The molecule has 0 aromatic heterocycles. The van der Waals surface area contributed by atoms with E-state index < -0.39 is 5.97 Å². The first-order valence-electron chi connectivity index (χ1n) is 13.0. The topological polar surface area (TPSA) is 101 Å². The van der Waals surface area contributed by atoms with Crippen LogP contribution in [-0.2, 0) is 4.79 Å². The lowest BCUT2D eigenvalue weighted by Crippen LogP contribution is -2.53. The molecule has 0 atom stereocenters. The number of carbonyl (C=O) groups excluding carboxylic acids is 1. The molecule has 3 N–H and O–H groups in total. The quantitative estimate of drug-likeness (QED) is 0.131. The highest BCUT2D eigenvalue weighted by Crippen LogP contribution is 2.13. The fraction of sp³-hybridized carbons (Fsp3) is 0.885. The fourth-order valence-electron chi connectivity index (χ4n) is 4.00. The number of nitrogens with zero attached hydrogens (tertiary/aromatic N) is 1. The summed E-state index contributed by atoms with van der Waals surface area (Å²) in [5.74, 6) is -1.08. The standard InChI is InChI=1S/C24H50NO3.C2H4O2/c1-2-3-4-5-6-7-8-9-10-11-12-13-14-15-16-17-18-25(19-22-26,20-23-27)21-24-28;1-2(3)4/h9-10,26-28H,2-8,11-24H2,1H3;1H3,(H,3,4)/q+1;/p-1/b10-9-;. The third-order valence-corrected chi connectivity index (χ3v) is 5.87. The molecule has 192 valence electrons. The van der Waals surface area contributed by atoms with Crippen LogP contribution in [0.4, 0.5) is 0 Å². The summed E-state index contributed by atoms with van der Waals surface area (Å²) in [5.41, 5.74) is 0. The Labute approximate surface area is 197 Å². The molecule has 6 nitrogen and oxygen atoms in total. The molecular formula is C26H53NO5. The van der Waals surface area contributed by atoms with Crippen LogP contribution in [0, 0.1) is 0 Å². The van der Waals surface area contributed by atoms with Gasteiger partial charge in [-0.3, -0.25) is 0 Å². The van der Waals surface area contributed by atoms with Gasteiger partial charge in [-0.1, -0.05) is 70.4 Å². The second-order valence-electron chi connectivity index (χ2n) is 8.84. The van der Waals surface area contributed by atoms with E-state index in [1.165, 1.54) is 83.5 Å². The maximum absolute atomic E-state index is 9.31. The smallest absolute Gasteiger partial charge is 0.102 e. The zero-order valence-corrected chi connectivity index (χ0v) is 21.1. The number of carboxylic acids is 1. The van der Waals surface area contributed by atoms with Crippen molar-refractivity contribution in [1.29, 1.82) is 0 Å². The summed E-state index contributed by atoms with van der Waals surface area (Å²) in [5, 5.41) is 36.8. The zero-order chi connectivity index (χ0) is 24.3. The van der Waals surface area contributed by atoms with E-state index >= 15 is 0 Å². The number of aliphatic carboxylic acids is 1. The number of unbranched alkanes of at least 4 members (excludes halogenated alkanes) is 12. The van der Waals surface area contributed by atoms with Gasteiger partial charge < -0.3 is 29.7 Å². The molecule has 0 saturated carbocycles. The van der Waals surface area contributed by atoms with E-state index in [0.29, 0.717) is 24.1 Å². The Hall–Kier alpha value is -0.950. The Kier molecular flexibility index (Phi) is 27.3. The van der Waals surface area contributed by atoms with Gasteiger partial charge in [0.2, 0.25) is 0 Å². The molecule has 0 aromatic carbocycles. The van der Waals surface area contributed by atoms with Gasteiger partial charge in [0.15, 0.2) is 0 Å². The van der Waals surface area contributed by atoms with Crippen LogP contribution in [-0.4, -0.2) is 71.8 Å². The monoisotopic (exact) mass is 459 g/mol. The third-order valence-electron chi connectivity index (χ3n) is 5.87. The molecule has 0 unspecified atom stereocenters. The molecule has 0 amide bonds. The van der Waals surface area contributed by atoms with Crippen molar-refractivity contribution in [3.8, 4) is 0 Å². The van der Waals surface area contributed by atoms with E-state index in [1.807, 2.05) is 0 Å². The highest BCUT2D eigenvalue weighted by molar-refractivity contribution is 5.60. The van der Waals surface area contributed by atoms with Crippen molar-refractivity contribution in [2.24, 2.45) is 0 Å². The molecule has 0 aromatic rings. The summed E-state index contributed by atoms with van der Waals surface area (Å²) in [7, 11) is 0. The van der Waals surface area contributed by atoms with Crippen molar-refractivity contribution < 1.29 is 29.7 Å². The van der Waals surface area contributed by atoms with E-state index in [1.54, 1.807) is 0 Å². The van der Waals surface area contributed by atoms with Crippen LogP contribution < -0.4 is 5.11 Å². The summed E-state index contributed by atoms with van der Waals surface area (Å²) in [4.78, 5) is 8.89. The average Bonchev–Trinajstić information content (AvgIpc) is 2.73. The van der Waals surface area contributed by atoms with E-state index in [0.717, 1.165) is 19.9 Å². The van der Waals surface area contributed by atoms with Crippen LogP contribution in [0.1, 0.15) is 104 Å². The molecule has 0 saturated heterocycles. The minimum absolute atomic E-state index is 0.117. The molecule has 0 aliphatic heterocycles. The zero-order valence-electron chi connectivity index (χ0n) is 21.1. The number of rotatable bonds is 22. The molecule has 0 rings (SSSR count). The normalized spacial score (nSPS) is 11.5. The minimum Gasteiger partial charge on any atom is -0.550 e. The van der Waals surface area contributed by atoms with Crippen LogP contribution >= 0.6 is 0 Å². The van der Waals surface area contributed by atoms with Crippen molar-refractivity contribution in [3.63, 3.8) is 0 Å². The van der Waals surface area contributed by atoms with Gasteiger partial charge in [-0.15, -0.1) is 0 Å². The maximum Gasteiger partial charge on any atom is 0.102 e. The molecule has 6 heteroatoms. The summed E-state index contributed by atoms with van der Waals surface area (Å²) in [6.45, 7) is 6.43. The minimum atomic E-state index is -1.08. The van der Waals surface area contributed by atoms with Crippen LogP contribution in [0.25, 0.3) is 0 Å². The van der Waals surface area contributed by atoms with E-state index in [9.17, 15) is 15.3 Å². The number of quaternary nitrogens is 1. The van der Waals surface area contributed by atoms with Gasteiger partial charge in [0, 0.05) is 5.97 Å². The van der Waals surface area contributed by atoms with Crippen LogP contribution in [0.5, 0.6) is 0 Å². The van der Waals surface area contributed by atoms with E-state index in [-0.39, 0.29) is 19.8 Å². The van der Waals surface area contributed by atoms with Gasteiger partial charge >= 0.3 is 0 Å². The highest BCUT2D eigenvalue weighted by atomic mass is 16.4. The van der Waals surface area contributed by atoms with Gasteiger partial charge in [0.25, 0.3) is 0 Å². The van der Waals surface area contributed by atoms with Crippen molar-refractivity contribution in [2.75, 3.05) is 46.0 Å².